The van der Waals surface area contributed by atoms with E-state index in [1.165, 1.54) is 11.1 Å². The van der Waals surface area contributed by atoms with Crippen LogP contribution in [0.2, 0.25) is 0 Å². The Morgan fingerprint density at radius 2 is 2.14 bits per heavy atom. The molecule has 3 unspecified atom stereocenters. The van der Waals surface area contributed by atoms with E-state index in [0.717, 1.165) is 19.3 Å². The van der Waals surface area contributed by atoms with Gasteiger partial charge in [0.05, 0.1) is 13.2 Å². The van der Waals surface area contributed by atoms with Gasteiger partial charge >= 0.3 is 0 Å². The summed E-state index contributed by atoms with van der Waals surface area (Å²) in [6, 6.07) is 8.45. The third-order valence-corrected chi connectivity index (χ3v) is 4.74. The highest BCUT2D eigenvalue weighted by molar-refractivity contribution is 5.79. The maximum atomic E-state index is 12.6. The molecule has 4 nitrogen and oxygen atoms in total. The predicted octanol–water partition coefficient (Wildman–Crippen LogP) is 2.02. The van der Waals surface area contributed by atoms with Gasteiger partial charge in [0.2, 0.25) is 5.91 Å². The minimum Gasteiger partial charge on any atom is -0.370 e. The summed E-state index contributed by atoms with van der Waals surface area (Å²) in [6.45, 7) is 4.07. The molecule has 1 aliphatic carbocycles. The Hall–Kier alpha value is -1.39. The van der Waals surface area contributed by atoms with Crippen molar-refractivity contribution in [2.45, 2.75) is 38.3 Å². The number of benzene rings is 1. The zero-order chi connectivity index (χ0) is 14.8. The van der Waals surface area contributed by atoms with E-state index in [-0.39, 0.29) is 24.0 Å². The Balaban J connectivity index is 1.68. The molecule has 1 aliphatic heterocycles. The Kier molecular flexibility index (Phi) is 4.27. The highest BCUT2D eigenvalue weighted by Crippen LogP contribution is 2.29. The molecule has 4 heteroatoms. The van der Waals surface area contributed by atoms with Crippen molar-refractivity contribution in [2.24, 2.45) is 11.7 Å². The molecule has 21 heavy (non-hydrogen) atoms. The number of rotatable bonds is 2. The van der Waals surface area contributed by atoms with Gasteiger partial charge in [-0.2, -0.15) is 0 Å². The molecule has 3 atom stereocenters. The number of ether oxygens (including phenoxy) is 1. The van der Waals surface area contributed by atoms with Crippen LogP contribution in [0, 0.1) is 12.8 Å². The van der Waals surface area contributed by atoms with Gasteiger partial charge in [-0.1, -0.05) is 24.3 Å². The molecule has 2 N–H and O–H groups in total. The lowest BCUT2D eigenvalue weighted by molar-refractivity contribution is -0.143. The lowest BCUT2D eigenvalue weighted by atomic mass is 10.0. The maximum absolute atomic E-state index is 12.6. The quantitative estimate of drug-likeness (QED) is 0.906. The van der Waals surface area contributed by atoms with Crippen LogP contribution in [0.3, 0.4) is 0 Å². The second-order valence-electron chi connectivity index (χ2n) is 6.27. The first-order valence-corrected chi connectivity index (χ1v) is 7.86. The molecular formula is C17H24N2O2. The topological polar surface area (TPSA) is 55.6 Å². The van der Waals surface area contributed by atoms with E-state index in [0.29, 0.717) is 19.7 Å². The fourth-order valence-corrected chi connectivity index (χ4v) is 3.48. The van der Waals surface area contributed by atoms with E-state index < -0.39 is 0 Å². The van der Waals surface area contributed by atoms with Crippen molar-refractivity contribution in [3.05, 3.63) is 35.4 Å². The van der Waals surface area contributed by atoms with Crippen LogP contribution in [0.4, 0.5) is 0 Å². The molecule has 1 amide bonds. The summed E-state index contributed by atoms with van der Waals surface area (Å²) in [5, 5.41) is 0. The fraction of sp³-hybridized carbons (Fsp3) is 0.588. The molecule has 0 bridgehead atoms. The van der Waals surface area contributed by atoms with Crippen molar-refractivity contribution >= 4 is 5.91 Å². The van der Waals surface area contributed by atoms with Gasteiger partial charge in [-0.25, -0.2) is 0 Å². The standard InChI is InChI=1S/C17H24N2O2/c1-12-4-2-3-5-15(12)16-11-19(8-9-21-16)17(20)13-6-7-14(18)10-13/h2-5,13-14,16H,6-11,18H2,1H3. The van der Waals surface area contributed by atoms with Crippen LogP contribution in [0.5, 0.6) is 0 Å². The summed E-state index contributed by atoms with van der Waals surface area (Å²) in [5.74, 6) is 0.389. The van der Waals surface area contributed by atoms with E-state index in [4.69, 9.17) is 10.5 Å². The summed E-state index contributed by atoms with van der Waals surface area (Å²) in [6.07, 6.45) is 2.75. The van der Waals surface area contributed by atoms with Gasteiger partial charge in [-0.3, -0.25) is 4.79 Å². The largest absolute Gasteiger partial charge is 0.370 e. The predicted molar refractivity (Wildman–Crippen MR) is 81.8 cm³/mol. The normalized spacial score (nSPS) is 29.6. The molecule has 3 rings (SSSR count). The van der Waals surface area contributed by atoms with Crippen LogP contribution < -0.4 is 5.73 Å². The van der Waals surface area contributed by atoms with Crippen LogP contribution in [0.25, 0.3) is 0 Å². The van der Waals surface area contributed by atoms with Gasteiger partial charge in [0.25, 0.3) is 0 Å². The van der Waals surface area contributed by atoms with E-state index in [1.807, 2.05) is 17.0 Å². The van der Waals surface area contributed by atoms with Gasteiger partial charge in [-0.15, -0.1) is 0 Å². The first-order chi connectivity index (χ1) is 10.1. The molecule has 1 saturated heterocycles. The lowest BCUT2D eigenvalue weighted by Gasteiger charge is -2.35. The average Bonchev–Trinajstić information content (AvgIpc) is 2.94. The molecule has 1 heterocycles. The molecule has 0 aromatic heterocycles. The third-order valence-electron chi connectivity index (χ3n) is 4.74. The van der Waals surface area contributed by atoms with Gasteiger partial charge in [-0.05, 0) is 37.3 Å². The minimum absolute atomic E-state index is 0.000948. The monoisotopic (exact) mass is 288 g/mol. The number of aryl methyl sites for hydroxylation is 1. The number of hydrogen-bond acceptors (Lipinski definition) is 3. The maximum Gasteiger partial charge on any atom is 0.225 e. The van der Waals surface area contributed by atoms with Crippen LogP contribution >= 0.6 is 0 Å². The van der Waals surface area contributed by atoms with Crippen LogP contribution in [0.1, 0.15) is 36.5 Å². The van der Waals surface area contributed by atoms with Crippen molar-refractivity contribution in [1.82, 2.24) is 4.90 Å². The number of nitrogens with two attached hydrogens (primary N) is 1. The Morgan fingerprint density at radius 1 is 1.33 bits per heavy atom. The molecule has 1 saturated carbocycles. The minimum atomic E-state index is -0.000948. The molecular weight excluding hydrogens is 264 g/mol. The first kappa shape index (κ1) is 14.5. The zero-order valence-electron chi connectivity index (χ0n) is 12.6. The van der Waals surface area contributed by atoms with E-state index in [2.05, 4.69) is 19.1 Å². The lowest BCUT2D eigenvalue weighted by Crippen LogP contribution is -2.44. The van der Waals surface area contributed by atoms with Gasteiger partial charge in [0, 0.05) is 18.5 Å². The molecule has 0 spiro atoms. The number of amides is 1. The number of nitrogens with zero attached hydrogens (tertiary/aromatic N) is 1. The smallest absolute Gasteiger partial charge is 0.225 e. The first-order valence-electron chi connectivity index (χ1n) is 7.86. The highest BCUT2D eigenvalue weighted by atomic mass is 16.5. The van der Waals surface area contributed by atoms with Crippen molar-refractivity contribution < 1.29 is 9.53 Å². The van der Waals surface area contributed by atoms with Gasteiger partial charge < -0.3 is 15.4 Å². The number of carbonyl (C=O) groups is 1. The van der Waals surface area contributed by atoms with Crippen LogP contribution in [-0.2, 0) is 9.53 Å². The fourth-order valence-electron chi connectivity index (χ4n) is 3.48. The summed E-state index contributed by atoms with van der Waals surface area (Å²) < 4.78 is 5.89. The highest BCUT2D eigenvalue weighted by Gasteiger charge is 2.34. The summed E-state index contributed by atoms with van der Waals surface area (Å²) >= 11 is 0. The summed E-state index contributed by atoms with van der Waals surface area (Å²) in [7, 11) is 0. The molecule has 2 fully saturated rings. The SMILES string of the molecule is Cc1ccccc1C1CN(C(=O)C2CCC(N)C2)CCO1. The summed E-state index contributed by atoms with van der Waals surface area (Å²) in [4.78, 5) is 14.6. The van der Waals surface area contributed by atoms with Crippen molar-refractivity contribution in [3.8, 4) is 0 Å². The molecule has 0 radical (unpaired) electrons. The Labute approximate surface area is 126 Å². The summed E-state index contributed by atoms with van der Waals surface area (Å²) in [5.41, 5.74) is 8.35. The van der Waals surface area contributed by atoms with Crippen LogP contribution in [0.15, 0.2) is 24.3 Å². The molecule has 1 aromatic rings. The van der Waals surface area contributed by atoms with Gasteiger partial charge in [0.15, 0.2) is 0 Å². The number of morpholine rings is 1. The van der Waals surface area contributed by atoms with Crippen molar-refractivity contribution in [1.29, 1.82) is 0 Å². The second kappa shape index (κ2) is 6.16. The third kappa shape index (κ3) is 3.11. The molecule has 114 valence electrons. The Morgan fingerprint density at radius 3 is 2.86 bits per heavy atom. The van der Waals surface area contributed by atoms with E-state index in [1.54, 1.807) is 0 Å². The van der Waals surface area contributed by atoms with Gasteiger partial charge in [0.1, 0.15) is 6.10 Å². The van der Waals surface area contributed by atoms with Crippen molar-refractivity contribution in [3.63, 3.8) is 0 Å². The molecule has 2 aliphatic rings. The van der Waals surface area contributed by atoms with E-state index >= 15 is 0 Å². The number of carbonyl (C=O) groups excluding carboxylic acids is 1. The van der Waals surface area contributed by atoms with Crippen molar-refractivity contribution in [2.75, 3.05) is 19.7 Å². The average molecular weight is 288 g/mol. The Bertz CT molecular complexity index is 517. The van der Waals surface area contributed by atoms with E-state index in [9.17, 15) is 4.79 Å². The zero-order valence-corrected chi connectivity index (χ0v) is 12.6. The molecule has 1 aromatic carbocycles. The second-order valence-corrected chi connectivity index (χ2v) is 6.27. The van der Waals surface area contributed by atoms with Crippen LogP contribution in [-0.4, -0.2) is 36.5 Å². The number of hydrogen-bond donors (Lipinski definition) is 1.